The number of alkyl halides is 10. The van der Waals surface area contributed by atoms with Gasteiger partial charge in [-0.3, -0.25) is 4.28 Å². The maximum Gasteiger partial charge on any atom is 0.384 e. The molecule has 0 spiro atoms. The summed E-state index contributed by atoms with van der Waals surface area (Å²) in [5.74, 6) is -29.2. The number of hydrogen-bond donors (Lipinski definition) is 0. The number of oxime groups is 1. The molecule has 0 radical (unpaired) electrons. The van der Waals surface area contributed by atoms with Crippen LogP contribution in [0, 0.1) is 5.82 Å². The van der Waals surface area contributed by atoms with Gasteiger partial charge >= 0.3 is 40.2 Å². The molecule has 3 aromatic rings. The lowest BCUT2D eigenvalue weighted by atomic mass is 9.88. The van der Waals surface area contributed by atoms with Crippen molar-refractivity contribution in [1.29, 1.82) is 0 Å². The second kappa shape index (κ2) is 10.7. The summed E-state index contributed by atoms with van der Waals surface area (Å²) in [6.45, 7) is 0. The Morgan fingerprint density at radius 2 is 1.25 bits per heavy atom. The van der Waals surface area contributed by atoms with Crippen LogP contribution in [0.15, 0.2) is 88.9 Å². The van der Waals surface area contributed by atoms with E-state index in [-0.39, 0.29) is 5.56 Å². The Kier molecular flexibility index (Phi) is 8.26. The topological polar surface area (TPSA) is 55.7 Å². The minimum absolute atomic E-state index is 0.0454. The van der Waals surface area contributed by atoms with Crippen LogP contribution in [-0.2, 0) is 14.4 Å². The van der Waals surface area contributed by atoms with Crippen molar-refractivity contribution in [3.63, 3.8) is 0 Å². The maximum absolute atomic E-state index is 15.3. The molecule has 0 heterocycles. The fourth-order valence-corrected chi connectivity index (χ4v) is 3.99. The van der Waals surface area contributed by atoms with Crippen LogP contribution in [0.1, 0.15) is 5.56 Å². The number of nitrogens with zero attached hydrogens (tertiary/aromatic N) is 1. The Morgan fingerprint density at radius 3 is 1.80 bits per heavy atom. The molecule has 0 amide bonds. The lowest BCUT2D eigenvalue weighted by Crippen LogP contribution is -2.66. The number of benzene rings is 3. The van der Waals surface area contributed by atoms with E-state index in [0.29, 0.717) is 30.3 Å². The van der Waals surface area contributed by atoms with E-state index in [4.69, 9.17) is 0 Å². The van der Waals surface area contributed by atoms with Gasteiger partial charge in [-0.1, -0.05) is 59.8 Å². The molecule has 0 unspecified atom stereocenters. The van der Waals surface area contributed by atoms with Crippen LogP contribution in [0.3, 0.4) is 0 Å². The van der Waals surface area contributed by atoms with Crippen molar-refractivity contribution in [2.24, 2.45) is 5.16 Å². The Hall–Kier alpha value is -3.69. The van der Waals surface area contributed by atoms with Crippen molar-refractivity contribution in [1.82, 2.24) is 0 Å². The van der Waals surface area contributed by atoms with E-state index in [1.54, 1.807) is 0 Å². The molecule has 0 N–H and O–H groups in total. The summed E-state index contributed by atoms with van der Waals surface area (Å²) in [5.41, 5.74) is -4.34. The highest BCUT2D eigenvalue weighted by atomic mass is 32.2. The van der Waals surface area contributed by atoms with Crippen LogP contribution in [-0.4, -0.2) is 44.2 Å². The normalized spacial score (nSPS) is 13.9. The van der Waals surface area contributed by atoms with E-state index in [2.05, 4.69) is 9.44 Å². The predicted molar refractivity (Wildman–Crippen MR) is 119 cm³/mol. The third-order valence-electron chi connectivity index (χ3n) is 5.37. The molecule has 0 fully saturated rings. The summed E-state index contributed by atoms with van der Waals surface area (Å²) >= 11 is 0. The van der Waals surface area contributed by atoms with E-state index in [1.165, 1.54) is 30.3 Å². The Morgan fingerprint density at radius 1 is 0.725 bits per heavy atom. The minimum atomic E-state index is -7.39. The quantitative estimate of drug-likeness (QED) is 0.138. The van der Waals surface area contributed by atoms with Gasteiger partial charge in [-0.2, -0.15) is 43.5 Å². The van der Waals surface area contributed by atoms with E-state index < -0.39 is 67.8 Å². The number of halogens is 11. The fourth-order valence-electron chi connectivity index (χ4n) is 3.26. The molecule has 3 rings (SSSR count). The highest BCUT2D eigenvalue weighted by Gasteiger charge is 2.84. The molecule has 4 nitrogen and oxygen atoms in total. The summed E-state index contributed by atoms with van der Waals surface area (Å²) in [7, 11) is -5.33. The Bertz CT molecular complexity index is 1480. The van der Waals surface area contributed by atoms with Crippen LogP contribution >= 0.6 is 0 Å². The van der Waals surface area contributed by atoms with Gasteiger partial charge < -0.3 is 0 Å². The minimum Gasteiger partial charge on any atom is -0.264 e. The molecule has 0 saturated carbocycles. The van der Waals surface area contributed by atoms with Gasteiger partial charge in [-0.25, -0.2) is 13.2 Å². The SMILES string of the molecule is O=S(=O)(ON=C(c1ccccc1-c1ccccc1)C(F)(F)C(F)(F)C(F)(F)C(F)(F)C(F)F)c1ccc(F)cc1. The molecule has 0 bridgehead atoms. The monoisotopic (exact) mass is 605 g/mol. The molecule has 0 aromatic heterocycles. The van der Waals surface area contributed by atoms with Crippen molar-refractivity contribution in [3.05, 3.63) is 90.2 Å². The first-order valence-corrected chi connectivity index (χ1v) is 12.0. The highest BCUT2D eigenvalue weighted by molar-refractivity contribution is 7.86. The van der Waals surface area contributed by atoms with Crippen molar-refractivity contribution in [3.8, 4) is 11.1 Å². The summed E-state index contributed by atoms with van der Waals surface area (Å²) < 4.78 is 182. The summed E-state index contributed by atoms with van der Waals surface area (Å²) in [4.78, 5) is -0.960. The van der Waals surface area contributed by atoms with E-state index in [9.17, 15) is 47.9 Å². The maximum atomic E-state index is 15.3. The van der Waals surface area contributed by atoms with Crippen LogP contribution < -0.4 is 0 Å². The second-order valence-electron chi connectivity index (χ2n) is 7.98. The molecular formula is C24H14F11NO3S. The molecule has 0 aliphatic heterocycles. The van der Waals surface area contributed by atoms with Gasteiger partial charge in [0.2, 0.25) is 0 Å². The van der Waals surface area contributed by atoms with Crippen LogP contribution in [0.2, 0.25) is 0 Å². The first kappa shape index (κ1) is 30.8. The predicted octanol–water partition coefficient (Wildman–Crippen LogP) is 7.41. The summed E-state index contributed by atoms with van der Waals surface area (Å²) in [5, 5.41) is 2.47. The van der Waals surface area contributed by atoms with Crippen molar-refractivity contribution in [2.75, 3.05) is 0 Å². The molecule has 0 saturated heterocycles. The van der Waals surface area contributed by atoms with Gasteiger partial charge in [0.05, 0.1) is 0 Å². The lowest BCUT2D eigenvalue weighted by molar-refractivity contribution is -0.371. The smallest absolute Gasteiger partial charge is 0.264 e. The zero-order valence-electron chi connectivity index (χ0n) is 19.3. The van der Waals surface area contributed by atoms with Crippen LogP contribution in [0.5, 0.6) is 0 Å². The summed E-state index contributed by atoms with van der Waals surface area (Å²) in [6, 6.07) is 12.4. The first-order chi connectivity index (χ1) is 18.4. The Balaban J connectivity index is 2.29. The molecule has 216 valence electrons. The third kappa shape index (κ3) is 5.36. The molecule has 0 aliphatic carbocycles. The lowest BCUT2D eigenvalue weighted by Gasteiger charge is -2.36. The average Bonchev–Trinajstić information content (AvgIpc) is 2.89. The Labute approximate surface area is 218 Å². The molecular weight excluding hydrogens is 591 g/mol. The van der Waals surface area contributed by atoms with Gasteiger partial charge in [-0.15, -0.1) is 0 Å². The van der Waals surface area contributed by atoms with Gasteiger partial charge in [0, 0.05) is 5.56 Å². The van der Waals surface area contributed by atoms with Crippen molar-refractivity contribution >= 4 is 15.8 Å². The first-order valence-electron chi connectivity index (χ1n) is 10.6. The van der Waals surface area contributed by atoms with E-state index >= 15 is 8.78 Å². The van der Waals surface area contributed by atoms with Gasteiger partial charge in [0.1, 0.15) is 10.7 Å². The third-order valence-corrected chi connectivity index (χ3v) is 6.50. The van der Waals surface area contributed by atoms with E-state index in [0.717, 1.165) is 18.2 Å². The molecule has 40 heavy (non-hydrogen) atoms. The summed E-state index contributed by atoms with van der Waals surface area (Å²) in [6.07, 6.45) is -5.50. The largest absolute Gasteiger partial charge is 0.384 e. The molecule has 3 aromatic carbocycles. The van der Waals surface area contributed by atoms with Gasteiger partial charge in [-0.05, 0) is 35.4 Å². The standard InChI is InChI=1S/C24H14F11NO3S/c25-15-10-12-16(13-11-15)40(37,38)39-36-19(18-9-5-4-8-17(18)14-6-2-1-3-7-14)21(28,29)23(32,33)24(34,35)22(30,31)20(26)27/h1-13,20H. The molecule has 0 aliphatic rings. The van der Waals surface area contributed by atoms with Crippen LogP contribution in [0.4, 0.5) is 48.3 Å². The van der Waals surface area contributed by atoms with Crippen LogP contribution in [0.25, 0.3) is 11.1 Å². The highest BCUT2D eigenvalue weighted by Crippen LogP contribution is 2.55. The second-order valence-corrected chi connectivity index (χ2v) is 9.51. The van der Waals surface area contributed by atoms with Gasteiger partial charge in [0.15, 0.2) is 5.71 Å². The average molecular weight is 605 g/mol. The number of hydrogen-bond acceptors (Lipinski definition) is 4. The van der Waals surface area contributed by atoms with Gasteiger partial charge in [0.25, 0.3) is 0 Å². The van der Waals surface area contributed by atoms with E-state index in [1.807, 2.05) is 0 Å². The molecule has 0 atom stereocenters. The zero-order chi connectivity index (χ0) is 30.1. The fraction of sp³-hybridized carbons (Fsp3) is 0.208. The van der Waals surface area contributed by atoms with Crippen molar-refractivity contribution in [2.45, 2.75) is 35.0 Å². The zero-order valence-corrected chi connectivity index (χ0v) is 20.1. The van der Waals surface area contributed by atoms with Crippen molar-refractivity contribution < 1.29 is 61.0 Å². The molecule has 16 heteroatoms. The number of rotatable bonds is 10.